The predicted octanol–water partition coefficient (Wildman–Crippen LogP) is 4.71. The van der Waals surface area contributed by atoms with E-state index in [1.54, 1.807) is 0 Å². The highest BCUT2D eigenvalue weighted by Crippen LogP contribution is 2.67. The first-order valence-corrected chi connectivity index (χ1v) is 12.0. The van der Waals surface area contributed by atoms with E-state index in [0.717, 1.165) is 42.6 Å². The summed E-state index contributed by atoms with van der Waals surface area (Å²) in [6.07, 6.45) is 14.1. The maximum absolute atomic E-state index is 6.24. The Morgan fingerprint density at radius 2 is 1.71 bits per heavy atom. The summed E-state index contributed by atoms with van der Waals surface area (Å²) in [5.74, 6) is 4.97. The number of nitrogens with two attached hydrogens (primary N) is 2. The van der Waals surface area contributed by atoms with Gasteiger partial charge in [0.1, 0.15) is 0 Å². The monoisotopic (exact) mass is 389 g/mol. The molecule has 0 aromatic rings. The second-order valence-corrected chi connectivity index (χ2v) is 11.1. The molecule has 4 rings (SSSR count). The molecule has 28 heavy (non-hydrogen) atoms. The standard InChI is InChI=1S/C24H43N3O/c1-16-5-8-20-19-7-6-17-15-18(28-14-4-13-27-22(25)26)9-11-24(17,3)21(19)10-12-23(16,20)2/h16-21H,4-15H2,1-3H3,(H4,25,26,27)/t16-,17?,18-,19?,20?,21?,23+,24-/m0/s1. The van der Waals surface area contributed by atoms with Gasteiger partial charge in [0, 0.05) is 13.2 Å². The second-order valence-electron chi connectivity index (χ2n) is 11.1. The van der Waals surface area contributed by atoms with Crippen LogP contribution in [-0.4, -0.2) is 25.2 Å². The van der Waals surface area contributed by atoms with Gasteiger partial charge in [0.2, 0.25) is 0 Å². The molecule has 4 N–H and O–H groups in total. The number of guanidine groups is 1. The fourth-order valence-corrected chi connectivity index (χ4v) is 8.16. The van der Waals surface area contributed by atoms with Crippen LogP contribution in [0, 0.1) is 40.4 Å². The number of hydrogen-bond acceptors (Lipinski definition) is 2. The summed E-state index contributed by atoms with van der Waals surface area (Å²) in [6.45, 7) is 9.29. The second kappa shape index (κ2) is 7.81. The van der Waals surface area contributed by atoms with Gasteiger partial charge >= 0.3 is 0 Å². The van der Waals surface area contributed by atoms with Gasteiger partial charge in [-0.2, -0.15) is 0 Å². The van der Waals surface area contributed by atoms with Crippen LogP contribution in [0.4, 0.5) is 0 Å². The van der Waals surface area contributed by atoms with Gasteiger partial charge in [-0.1, -0.05) is 20.8 Å². The van der Waals surface area contributed by atoms with E-state index in [2.05, 4.69) is 25.8 Å². The van der Waals surface area contributed by atoms with E-state index in [4.69, 9.17) is 16.2 Å². The van der Waals surface area contributed by atoms with Crippen LogP contribution in [-0.2, 0) is 4.74 Å². The van der Waals surface area contributed by atoms with Gasteiger partial charge in [-0.25, -0.2) is 0 Å². The van der Waals surface area contributed by atoms with E-state index in [9.17, 15) is 0 Å². The Hall–Kier alpha value is -0.770. The van der Waals surface area contributed by atoms with Gasteiger partial charge in [0.25, 0.3) is 0 Å². The molecule has 0 aliphatic heterocycles. The Bertz CT molecular complexity index is 588. The average molecular weight is 390 g/mol. The van der Waals surface area contributed by atoms with Crippen molar-refractivity contribution in [3.8, 4) is 0 Å². The lowest BCUT2D eigenvalue weighted by atomic mass is 9.45. The molecule has 0 radical (unpaired) electrons. The summed E-state index contributed by atoms with van der Waals surface area (Å²) in [6, 6.07) is 0. The van der Waals surface area contributed by atoms with Crippen molar-refractivity contribution in [2.75, 3.05) is 13.2 Å². The summed E-state index contributed by atoms with van der Waals surface area (Å²) in [5, 5.41) is 0. The minimum Gasteiger partial charge on any atom is -0.378 e. The molecule has 0 amide bonds. The molecule has 4 aliphatic rings. The topological polar surface area (TPSA) is 73.6 Å². The van der Waals surface area contributed by atoms with Crippen LogP contribution in [0.25, 0.3) is 0 Å². The molecule has 4 saturated carbocycles. The van der Waals surface area contributed by atoms with Crippen molar-refractivity contribution in [1.29, 1.82) is 0 Å². The molecule has 0 heterocycles. The van der Waals surface area contributed by atoms with E-state index < -0.39 is 0 Å². The summed E-state index contributed by atoms with van der Waals surface area (Å²) >= 11 is 0. The van der Waals surface area contributed by atoms with Crippen LogP contribution in [0.3, 0.4) is 0 Å². The normalized spacial score (nSPS) is 47.7. The minimum atomic E-state index is 0.186. The Balaban J connectivity index is 1.35. The third kappa shape index (κ3) is 3.48. The number of fused-ring (bicyclic) bond motifs is 5. The zero-order valence-corrected chi connectivity index (χ0v) is 18.5. The molecule has 0 saturated heterocycles. The van der Waals surface area contributed by atoms with Crippen molar-refractivity contribution in [3.63, 3.8) is 0 Å². The smallest absolute Gasteiger partial charge is 0.185 e. The molecule has 0 bridgehead atoms. The first kappa shape index (κ1) is 20.5. The SMILES string of the molecule is C[C@H]1CCC2C3CCC4C[C@@H](OCCCN=C(N)N)CC[C@]4(C)C3CC[C@@]21C. The van der Waals surface area contributed by atoms with E-state index in [-0.39, 0.29) is 5.96 Å². The zero-order valence-electron chi connectivity index (χ0n) is 18.5. The lowest BCUT2D eigenvalue weighted by Crippen LogP contribution is -2.54. The van der Waals surface area contributed by atoms with Gasteiger partial charge in [-0.3, -0.25) is 4.99 Å². The van der Waals surface area contributed by atoms with Gasteiger partial charge in [-0.15, -0.1) is 0 Å². The Labute approximate surface area is 172 Å². The molecule has 160 valence electrons. The van der Waals surface area contributed by atoms with Crippen molar-refractivity contribution in [2.24, 2.45) is 56.9 Å². The highest BCUT2D eigenvalue weighted by Gasteiger charge is 2.59. The fourth-order valence-electron chi connectivity index (χ4n) is 8.16. The number of aliphatic imine (C=N–C) groups is 1. The zero-order chi connectivity index (χ0) is 19.9. The molecule has 4 heteroatoms. The third-order valence-corrected chi connectivity index (χ3v) is 10.0. The summed E-state index contributed by atoms with van der Waals surface area (Å²) in [5.41, 5.74) is 12.0. The number of nitrogens with zero attached hydrogens (tertiary/aromatic N) is 1. The average Bonchev–Trinajstić information content (AvgIpc) is 2.96. The van der Waals surface area contributed by atoms with Gasteiger partial charge in [0.05, 0.1) is 6.10 Å². The first-order valence-electron chi connectivity index (χ1n) is 12.0. The predicted molar refractivity (Wildman–Crippen MR) is 116 cm³/mol. The summed E-state index contributed by atoms with van der Waals surface area (Å²) in [4.78, 5) is 4.06. The number of hydrogen-bond donors (Lipinski definition) is 2. The van der Waals surface area contributed by atoms with Crippen LogP contribution < -0.4 is 11.5 Å². The number of rotatable bonds is 5. The maximum atomic E-state index is 6.24. The Kier molecular flexibility index (Phi) is 5.72. The van der Waals surface area contributed by atoms with Crippen molar-refractivity contribution in [3.05, 3.63) is 0 Å². The Morgan fingerprint density at radius 1 is 0.964 bits per heavy atom. The van der Waals surface area contributed by atoms with Crippen molar-refractivity contribution in [1.82, 2.24) is 0 Å². The van der Waals surface area contributed by atoms with Crippen LogP contribution in [0.15, 0.2) is 4.99 Å². The summed E-state index contributed by atoms with van der Waals surface area (Å²) in [7, 11) is 0. The van der Waals surface area contributed by atoms with Gasteiger partial charge in [-0.05, 0) is 105 Å². The third-order valence-electron chi connectivity index (χ3n) is 10.0. The molecule has 4 nitrogen and oxygen atoms in total. The minimum absolute atomic E-state index is 0.186. The van der Waals surface area contributed by atoms with Crippen molar-refractivity contribution >= 4 is 5.96 Å². The van der Waals surface area contributed by atoms with E-state index in [0.29, 0.717) is 23.5 Å². The first-order chi connectivity index (χ1) is 13.3. The molecular weight excluding hydrogens is 346 g/mol. The quantitative estimate of drug-likeness (QED) is 0.406. The molecule has 4 aliphatic carbocycles. The molecule has 8 atom stereocenters. The van der Waals surface area contributed by atoms with Gasteiger partial charge in [0.15, 0.2) is 5.96 Å². The van der Waals surface area contributed by atoms with E-state index >= 15 is 0 Å². The lowest BCUT2D eigenvalue weighted by molar-refractivity contribution is -0.133. The Morgan fingerprint density at radius 3 is 2.50 bits per heavy atom. The molecular formula is C24H43N3O. The summed E-state index contributed by atoms with van der Waals surface area (Å²) < 4.78 is 6.24. The lowest BCUT2D eigenvalue weighted by Gasteiger charge is -2.61. The molecule has 0 spiro atoms. The van der Waals surface area contributed by atoms with E-state index in [1.807, 2.05) is 0 Å². The maximum Gasteiger partial charge on any atom is 0.185 e. The highest BCUT2D eigenvalue weighted by atomic mass is 16.5. The van der Waals surface area contributed by atoms with E-state index in [1.165, 1.54) is 57.8 Å². The molecule has 0 aromatic heterocycles. The van der Waals surface area contributed by atoms with Crippen molar-refractivity contribution < 1.29 is 4.74 Å². The van der Waals surface area contributed by atoms with Gasteiger partial charge < -0.3 is 16.2 Å². The highest BCUT2D eigenvalue weighted by molar-refractivity contribution is 5.75. The largest absolute Gasteiger partial charge is 0.378 e. The van der Waals surface area contributed by atoms with Crippen LogP contribution >= 0.6 is 0 Å². The molecule has 4 unspecified atom stereocenters. The van der Waals surface area contributed by atoms with Crippen LogP contribution in [0.2, 0.25) is 0 Å². The fraction of sp³-hybridized carbons (Fsp3) is 0.958. The molecule has 4 fully saturated rings. The molecule has 0 aromatic carbocycles. The number of ether oxygens (including phenoxy) is 1. The van der Waals surface area contributed by atoms with Crippen LogP contribution in [0.5, 0.6) is 0 Å². The van der Waals surface area contributed by atoms with Crippen molar-refractivity contribution in [2.45, 2.75) is 91.1 Å². The van der Waals surface area contributed by atoms with Crippen LogP contribution in [0.1, 0.15) is 85.0 Å².